The second-order valence-electron chi connectivity index (χ2n) is 7.34. The van der Waals surface area contributed by atoms with E-state index in [1.165, 1.54) is 0 Å². The summed E-state index contributed by atoms with van der Waals surface area (Å²) in [5, 5.41) is 12.5. The number of fused-ring (bicyclic) bond motifs is 3. The van der Waals surface area contributed by atoms with Crippen LogP contribution in [0.4, 0.5) is 4.79 Å². The average molecular weight is 501 g/mol. The molecular weight excluding hydrogens is 482 g/mol. The Morgan fingerprint density at radius 2 is 1.65 bits per heavy atom. The molecule has 1 aliphatic carbocycles. The van der Waals surface area contributed by atoms with Crippen molar-refractivity contribution in [1.29, 1.82) is 0 Å². The second-order valence-corrected chi connectivity index (χ2v) is 8.69. The Morgan fingerprint density at radius 3 is 2.23 bits per heavy atom. The highest BCUT2D eigenvalue weighted by atomic mass is 79.9. The van der Waals surface area contributed by atoms with E-state index >= 15 is 0 Å². The highest BCUT2D eigenvalue weighted by molar-refractivity contribution is 9.10. The van der Waals surface area contributed by atoms with Gasteiger partial charge in [-0.3, -0.25) is 0 Å². The minimum atomic E-state index is -1.15. The van der Waals surface area contributed by atoms with Crippen molar-refractivity contribution in [1.82, 2.24) is 5.32 Å². The summed E-state index contributed by atoms with van der Waals surface area (Å²) in [7, 11) is 0. The molecule has 1 unspecified atom stereocenters. The van der Waals surface area contributed by atoms with E-state index in [1.54, 1.807) is 18.2 Å². The van der Waals surface area contributed by atoms with Gasteiger partial charge in [-0.1, -0.05) is 76.1 Å². The molecule has 0 saturated heterocycles. The number of amides is 1. The SMILES string of the molecule is O=C(NC(Cc1cc(Cl)cc(Br)c1)C(=O)O)OCC1c2ccccc2-c2ccccc21. The van der Waals surface area contributed by atoms with Crippen LogP contribution in [0.3, 0.4) is 0 Å². The van der Waals surface area contributed by atoms with Crippen LogP contribution in [0.15, 0.2) is 71.2 Å². The third-order valence-electron chi connectivity index (χ3n) is 5.30. The summed E-state index contributed by atoms with van der Waals surface area (Å²) in [5.41, 5.74) is 5.12. The van der Waals surface area contributed by atoms with E-state index in [4.69, 9.17) is 16.3 Å². The number of alkyl carbamates (subject to hydrolysis) is 1. The summed E-state index contributed by atoms with van der Waals surface area (Å²) in [6, 6.07) is 20.0. The van der Waals surface area contributed by atoms with E-state index in [-0.39, 0.29) is 18.9 Å². The average Bonchev–Trinajstić information content (AvgIpc) is 3.05. The molecule has 5 nitrogen and oxygen atoms in total. The number of carbonyl (C=O) groups excluding carboxylic acids is 1. The van der Waals surface area contributed by atoms with Crippen LogP contribution in [0.25, 0.3) is 11.1 Å². The minimum Gasteiger partial charge on any atom is -0.480 e. The van der Waals surface area contributed by atoms with Gasteiger partial charge in [0.25, 0.3) is 0 Å². The van der Waals surface area contributed by atoms with Crippen molar-refractivity contribution in [2.24, 2.45) is 0 Å². The molecule has 1 amide bonds. The van der Waals surface area contributed by atoms with Gasteiger partial charge in [0.1, 0.15) is 12.6 Å². The first kappa shape index (κ1) is 21.4. The van der Waals surface area contributed by atoms with Gasteiger partial charge in [-0.15, -0.1) is 0 Å². The van der Waals surface area contributed by atoms with Gasteiger partial charge in [-0.25, -0.2) is 9.59 Å². The van der Waals surface area contributed by atoms with Crippen LogP contribution < -0.4 is 5.32 Å². The van der Waals surface area contributed by atoms with Crippen LogP contribution in [0, 0.1) is 0 Å². The highest BCUT2D eigenvalue weighted by Gasteiger charge is 2.29. The molecule has 3 aromatic rings. The van der Waals surface area contributed by atoms with Gasteiger partial charge >= 0.3 is 12.1 Å². The number of nitrogens with one attached hydrogen (secondary N) is 1. The summed E-state index contributed by atoms with van der Waals surface area (Å²) < 4.78 is 6.19. The van der Waals surface area contributed by atoms with Crippen LogP contribution >= 0.6 is 27.5 Å². The molecule has 0 saturated carbocycles. The molecule has 31 heavy (non-hydrogen) atoms. The molecule has 0 spiro atoms. The predicted octanol–water partition coefficient (Wildman–Crippen LogP) is 5.64. The number of rotatable bonds is 6. The Hall–Kier alpha value is -2.83. The van der Waals surface area contributed by atoms with Crippen LogP contribution in [-0.2, 0) is 16.0 Å². The third-order valence-corrected chi connectivity index (χ3v) is 5.97. The smallest absolute Gasteiger partial charge is 0.407 e. The lowest BCUT2D eigenvalue weighted by Crippen LogP contribution is -2.42. The first-order chi connectivity index (χ1) is 14.9. The molecule has 1 atom stereocenters. The summed E-state index contributed by atoms with van der Waals surface area (Å²) in [4.78, 5) is 24.1. The van der Waals surface area contributed by atoms with Gasteiger partial charge in [0.05, 0.1) is 0 Å². The van der Waals surface area contributed by atoms with Crippen molar-refractivity contribution >= 4 is 39.6 Å². The van der Waals surface area contributed by atoms with Crippen molar-refractivity contribution in [3.63, 3.8) is 0 Å². The van der Waals surface area contributed by atoms with Crippen LogP contribution in [-0.4, -0.2) is 29.8 Å². The first-order valence-corrected chi connectivity index (χ1v) is 10.9. The van der Waals surface area contributed by atoms with Gasteiger partial charge in [-0.05, 0) is 46.0 Å². The maximum absolute atomic E-state index is 12.4. The molecule has 0 bridgehead atoms. The molecule has 0 radical (unpaired) electrons. The predicted molar refractivity (Wildman–Crippen MR) is 122 cm³/mol. The van der Waals surface area contributed by atoms with Crippen molar-refractivity contribution in [2.45, 2.75) is 18.4 Å². The normalized spacial score (nSPS) is 13.2. The number of ether oxygens (including phenoxy) is 1. The Bertz CT molecular complexity index is 1080. The number of carboxylic acids is 1. The molecule has 0 heterocycles. The Kier molecular flexibility index (Phi) is 6.30. The summed E-state index contributed by atoms with van der Waals surface area (Å²) in [6.07, 6.45) is -0.686. The topological polar surface area (TPSA) is 75.6 Å². The van der Waals surface area contributed by atoms with E-state index in [1.807, 2.05) is 36.4 Å². The van der Waals surface area contributed by atoms with Crippen LogP contribution in [0.1, 0.15) is 22.6 Å². The quantitative estimate of drug-likeness (QED) is 0.459. The number of carboxylic acid groups (broad SMARTS) is 1. The summed E-state index contributed by atoms with van der Waals surface area (Å²) in [6.45, 7) is 0.120. The summed E-state index contributed by atoms with van der Waals surface area (Å²) >= 11 is 9.37. The van der Waals surface area contributed by atoms with Gasteiger partial charge in [-0.2, -0.15) is 0 Å². The van der Waals surface area contributed by atoms with E-state index in [0.29, 0.717) is 10.6 Å². The number of carbonyl (C=O) groups is 2. The molecule has 0 aromatic heterocycles. The van der Waals surface area contributed by atoms with Gasteiger partial charge in [0.2, 0.25) is 0 Å². The molecule has 0 fully saturated rings. The lowest BCUT2D eigenvalue weighted by Gasteiger charge is -2.18. The fourth-order valence-electron chi connectivity index (χ4n) is 3.95. The van der Waals surface area contributed by atoms with E-state index < -0.39 is 18.1 Å². The fourth-order valence-corrected chi connectivity index (χ4v) is 4.88. The number of hydrogen-bond donors (Lipinski definition) is 2. The van der Waals surface area contributed by atoms with E-state index in [0.717, 1.165) is 26.7 Å². The first-order valence-electron chi connectivity index (χ1n) is 9.71. The molecule has 1 aliphatic rings. The zero-order valence-corrected chi connectivity index (χ0v) is 18.7. The monoisotopic (exact) mass is 499 g/mol. The third kappa shape index (κ3) is 4.75. The lowest BCUT2D eigenvalue weighted by atomic mass is 9.98. The summed E-state index contributed by atoms with van der Waals surface area (Å²) in [5.74, 6) is -1.24. The Labute approximate surface area is 193 Å². The Balaban J connectivity index is 1.44. The van der Waals surface area contributed by atoms with Crippen molar-refractivity contribution in [2.75, 3.05) is 6.61 Å². The fraction of sp³-hybridized carbons (Fsp3) is 0.167. The zero-order chi connectivity index (χ0) is 22.0. The molecule has 158 valence electrons. The largest absolute Gasteiger partial charge is 0.480 e. The Morgan fingerprint density at radius 1 is 1.03 bits per heavy atom. The highest BCUT2D eigenvalue weighted by Crippen LogP contribution is 2.44. The van der Waals surface area contributed by atoms with Crippen LogP contribution in [0.2, 0.25) is 5.02 Å². The second kappa shape index (κ2) is 9.12. The van der Waals surface area contributed by atoms with Gasteiger partial charge in [0, 0.05) is 21.8 Å². The number of halogens is 2. The number of benzene rings is 3. The number of aliphatic carboxylic acids is 1. The maximum Gasteiger partial charge on any atom is 0.407 e. The van der Waals surface area contributed by atoms with Crippen LogP contribution in [0.5, 0.6) is 0 Å². The van der Waals surface area contributed by atoms with Crippen molar-refractivity contribution in [3.8, 4) is 11.1 Å². The minimum absolute atomic E-state index is 0.0820. The molecule has 4 rings (SSSR count). The van der Waals surface area contributed by atoms with Gasteiger partial charge in [0.15, 0.2) is 0 Å². The molecule has 0 aliphatic heterocycles. The van der Waals surface area contributed by atoms with Crippen molar-refractivity contribution in [3.05, 3.63) is 92.9 Å². The standard InChI is InChI=1S/C24H19BrClNO4/c25-15-9-14(10-16(26)12-15)11-22(23(28)29)27-24(30)31-13-21-19-7-3-1-5-17(19)18-6-2-4-8-20(18)21/h1-10,12,21-22H,11,13H2,(H,27,30)(H,28,29). The molecule has 7 heteroatoms. The molecule has 2 N–H and O–H groups in total. The van der Waals surface area contributed by atoms with E-state index in [9.17, 15) is 14.7 Å². The molecule has 3 aromatic carbocycles. The lowest BCUT2D eigenvalue weighted by molar-refractivity contribution is -0.139. The molecular formula is C24H19BrClNO4. The van der Waals surface area contributed by atoms with Gasteiger partial charge < -0.3 is 15.2 Å². The number of hydrogen-bond acceptors (Lipinski definition) is 3. The zero-order valence-electron chi connectivity index (χ0n) is 16.3. The van der Waals surface area contributed by atoms with Crippen molar-refractivity contribution < 1.29 is 19.4 Å². The van der Waals surface area contributed by atoms with E-state index in [2.05, 4.69) is 33.4 Å². The maximum atomic E-state index is 12.4.